The van der Waals surface area contributed by atoms with Crippen LogP contribution in [0.25, 0.3) is 0 Å². The molecule has 1 radical (unpaired) electrons. The van der Waals surface area contributed by atoms with Gasteiger partial charge in [0.25, 0.3) is 0 Å². The fourth-order valence-electron chi connectivity index (χ4n) is 3.61. The minimum Gasteiger partial charge on any atom is -0.209 e. The maximum atomic E-state index is 13.2. The van der Waals surface area contributed by atoms with Gasteiger partial charge < -0.3 is 0 Å². The van der Waals surface area contributed by atoms with Gasteiger partial charge in [0, 0.05) is 12.8 Å². The molecule has 23 heavy (non-hydrogen) atoms. The van der Waals surface area contributed by atoms with Crippen LogP contribution in [0.15, 0.2) is 84.9 Å². The van der Waals surface area contributed by atoms with Gasteiger partial charge >= 0.3 is 0 Å². The van der Waals surface area contributed by atoms with Gasteiger partial charge in [-0.3, -0.25) is 0 Å². The van der Waals surface area contributed by atoms with Crippen LogP contribution >= 0.6 is 0 Å². The Balaban J connectivity index is 1.84. The predicted molar refractivity (Wildman–Crippen MR) is 91.6 cm³/mol. The summed E-state index contributed by atoms with van der Waals surface area (Å²) in [5.41, 5.74) is 3.63. The Hall–Kier alpha value is -2.58. The van der Waals surface area contributed by atoms with Gasteiger partial charge in [0.15, 0.2) is 0 Å². The number of para-hydroxylation sites is 1. The third kappa shape index (κ3) is 2.32. The van der Waals surface area contributed by atoms with Crippen LogP contribution in [-0.4, -0.2) is 0 Å². The van der Waals surface area contributed by atoms with Crippen LogP contribution in [0.2, 0.25) is 0 Å². The SMILES string of the molecule is [O]N1c2ccccc2CC1(Cc1ccccc1)c1ccccc1. The minimum absolute atomic E-state index is 0.563. The lowest BCUT2D eigenvalue weighted by molar-refractivity contribution is 0.0866. The fraction of sp³-hybridized carbons (Fsp3) is 0.143. The Morgan fingerprint density at radius 3 is 2.09 bits per heavy atom. The highest BCUT2D eigenvalue weighted by molar-refractivity contribution is 5.61. The maximum Gasteiger partial charge on any atom is 0.103 e. The average Bonchev–Trinajstić information content (AvgIpc) is 2.90. The van der Waals surface area contributed by atoms with Crippen LogP contribution in [0.4, 0.5) is 5.69 Å². The largest absolute Gasteiger partial charge is 0.209 e. The van der Waals surface area contributed by atoms with Crippen LogP contribution in [0.1, 0.15) is 16.7 Å². The Morgan fingerprint density at radius 2 is 1.39 bits per heavy atom. The smallest absolute Gasteiger partial charge is 0.103 e. The van der Waals surface area contributed by atoms with Crippen molar-refractivity contribution in [2.24, 2.45) is 0 Å². The minimum atomic E-state index is -0.563. The molecule has 0 saturated carbocycles. The van der Waals surface area contributed by atoms with E-state index in [0.717, 1.165) is 23.2 Å². The topological polar surface area (TPSA) is 23.1 Å². The predicted octanol–water partition coefficient (Wildman–Crippen LogP) is 4.53. The molecule has 0 bridgehead atoms. The van der Waals surface area contributed by atoms with Gasteiger partial charge in [-0.05, 0) is 22.8 Å². The first-order valence-corrected chi connectivity index (χ1v) is 7.94. The number of hydrogen-bond acceptors (Lipinski definition) is 1. The van der Waals surface area contributed by atoms with Crippen molar-refractivity contribution in [3.05, 3.63) is 102 Å². The molecule has 113 valence electrons. The number of benzene rings is 3. The molecule has 3 aromatic rings. The lowest BCUT2D eigenvalue weighted by Crippen LogP contribution is -2.43. The molecule has 0 spiro atoms. The van der Waals surface area contributed by atoms with E-state index >= 15 is 0 Å². The van der Waals surface area contributed by atoms with Gasteiger partial charge in [-0.2, -0.15) is 0 Å². The van der Waals surface area contributed by atoms with E-state index in [4.69, 9.17) is 0 Å². The molecule has 2 nitrogen and oxygen atoms in total. The van der Waals surface area contributed by atoms with E-state index in [-0.39, 0.29) is 0 Å². The second-order valence-electron chi connectivity index (χ2n) is 6.16. The van der Waals surface area contributed by atoms with Crippen molar-refractivity contribution in [3.63, 3.8) is 0 Å². The van der Waals surface area contributed by atoms with Crippen molar-refractivity contribution in [1.82, 2.24) is 0 Å². The zero-order valence-electron chi connectivity index (χ0n) is 12.9. The van der Waals surface area contributed by atoms with Gasteiger partial charge in [0.05, 0.1) is 5.69 Å². The summed E-state index contributed by atoms with van der Waals surface area (Å²) in [4.78, 5) is 0. The van der Waals surface area contributed by atoms with Crippen molar-refractivity contribution in [2.75, 3.05) is 5.06 Å². The molecule has 0 saturated heterocycles. The van der Waals surface area contributed by atoms with E-state index in [1.807, 2.05) is 54.6 Å². The molecule has 1 aliphatic heterocycles. The lowest BCUT2D eigenvalue weighted by Gasteiger charge is -2.35. The van der Waals surface area contributed by atoms with Gasteiger partial charge in [-0.1, -0.05) is 84.1 Å². The van der Waals surface area contributed by atoms with E-state index in [1.165, 1.54) is 10.6 Å². The van der Waals surface area contributed by atoms with Gasteiger partial charge in [0.2, 0.25) is 0 Å². The van der Waals surface area contributed by atoms with Crippen LogP contribution in [0.5, 0.6) is 0 Å². The third-order valence-electron chi connectivity index (χ3n) is 4.73. The van der Waals surface area contributed by atoms with Crippen LogP contribution in [-0.2, 0) is 23.6 Å². The van der Waals surface area contributed by atoms with Gasteiger partial charge in [-0.25, -0.2) is 5.06 Å². The zero-order valence-corrected chi connectivity index (χ0v) is 12.9. The first kappa shape index (κ1) is 14.0. The van der Waals surface area contributed by atoms with Gasteiger partial charge in [0.1, 0.15) is 5.54 Å². The highest BCUT2D eigenvalue weighted by Gasteiger charge is 2.45. The van der Waals surface area contributed by atoms with Crippen molar-refractivity contribution in [1.29, 1.82) is 0 Å². The highest BCUT2D eigenvalue weighted by Crippen LogP contribution is 2.45. The number of rotatable bonds is 3. The molecule has 3 aromatic carbocycles. The molecule has 2 heteroatoms. The quantitative estimate of drug-likeness (QED) is 0.697. The summed E-state index contributed by atoms with van der Waals surface area (Å²) in [6.07, 6.45) is 1.45. The Bertz CT molecular complexity index is 800. The fourth-order valence-corrected chi connectivity index (χ4v) is 3.61. The molecular formula is C21H18NO. The normalized spacial score (nSPS) is 19.6. The zero-order chi connectivity index (χ0) is 15.7. The standard InChI is InChI=1S/C21H18NO/c23-22-20-14-8-7-11-18(20)16-21(22,19-12-5-2-6-13-19)15-17-9-3-1-4-10-17/h1-14H,15-16H2. The number of anilines is 1. The summed E-state index contributed by atoms with van der Waals surface area (Å²) in [5.74, 6) is 0. The molecule has 1 heterocycles. The van der Waals surface area contributed by atoms with E-state index in [0.29, 0.717) is 6.42 Å². The summed E-state index contributed by atoms with van der Waals surface area (Å²) < 4.78 is 0. The molecule has 0 amide bonds. The molecular weight excluding hydrogens is 282 g/mol. The molecule has 1 aliphatic rings. The second kappa shape index (κ2) is 5.56. The Morgan fingerprint density at radius 1 is 0.783 bits per heavy atom. The summed E-state index contributed by atoms with van der Waals surface area (Å²) in [6.45, 7) is 0. The summed E-state index contributed by atoms with van der Waals surface area (Å²) in [6, 6.07) is 28.4. The number of hydroxylamine groups is 1. The van der Waals surface area contributed by atoms with Gasteiger partial charge in [-0.15, -0.1) is 0 Å². The van der Waals surface area contributed by atoms with Crippen LogP contribution in [0, 0.1) is 0 Å². The van der Waals surface area contributed by atoms with Crippen molar-refractivity contribution in [3.8, 4) is 0 Å². The molecule has 0 aliphatic carbocycles. The average molecular weight is 300 g/mol. The van der Waals surface area contributed by atoms with Crippen molar-refractivity contribution >= 4 is 5.69 Å². The molecule has 0 aromatic heterocycles. The van der Waals surface area contributed by atoms with Crippen LogP contribution in [0.3, 0.4) is 0 Å². The maximum absolute atomic E-state index is 13.2. The number of hydrogen-bond donors (Lipinski definition) is 0. The summed E-state index contributed by atoms with van der Waals surface area (Å²) in [5, 5.41) is 14.5. The third-order valence-corrected chi connectivity index (χ3v) is 4.73. The molecule has 1 atom stereocenters. The van der Waals surface area contributed by atoms with Crippen LogP contribution < -0.4 is 5.06 Å². The Kier molecular flexibility index (Phi) is 3.40. The van der Waals surface area contributed by atoms with E-state index < -0.39 is 5.54 Å². The molecule has 0 N–H and O–H groups in total. The number of fused-ring (bicyclic) bond motifs is 1. The van der Waals surface area contributed by atoms with E-state index in [9.17, 15) is 5.21 Å². The van der Waals surface area contributed by atoms with Crippen molar-refractivity contribution in [2.45, 2.75) is 18.4 Å². The highest BCUT2D eigenvalue weighted by atomic mass is 16.5. The van der Waals surface area contributed by atoms with E-state index in [1.54, 1.807) is 0 Å². The summed E-state index contributed by atoms with van der Waals surface area (Å²) >= 11 is 0. The molecule has 4 rings (SSSR count). The summed E-state index contributed by atoms with van der Waals surface area (Å²) in [7, 11) is 0. The monoisotopic (exact) mass is 300 g/mol. The first-order valence-electron chi connectivity index (χ1n) is 7.94. The lowest BCUT2D eigenvalue weighted by atomic mass is 9.81. The number of nitrogens with zero attached hydrogens (tertiary/aromatic N) is 1. The Labute approximate surface area is 136 Å². The first-order chi connectivity index (χ1) is 11.3. The molecule has 0 fully saturated rings. The van der Waals surface area contributed by atoms with Crippen molar-refractivity contribution < 1.29 is 5.21 Å². The molecule has 1 unspecified atom stereocenters. The van der Waals surface area contributed by atoms with E-state index in [2.05, 4.69) is 30.3 Å². The second-order valence-corrected chi connectivity index (χ2v) is 6.16.